The summed E-state index contributed by atoms with van der Waals surface area (Å²) in [7, 11) is 0. The average Bonchev–Trinajstić information content (AvgIpc) is 2.47. The Morgan fingerprint density at radius 2 is 1.76 bits per heavy atom. The zero-order valence-corrected chi connectivity index (χ0v) is 12.2. The highest BCUT2D eigenvalue weighted by molar-refractivity contribution is 5.26. The second-order valence-electron chi connectivity index (χ2n) is 6.12. The van der Waals surface area contributed by atoms with Crippen LogP contribution >= 0.6 is 0 Å². The van der Waals surface area contributed by atoms with E-state index in [4.69, 9.17) is 0 Å². The predicted molar refractivity (Wildman–Crippen MR) is 75.4 cm³/mol. The maximum atomic E-state index is 12.5. The summed E-state index contributed by atoms with van der Waals surface area (Å²) in [5, 5.41) is 9.52. The Morgan fingerprint density at radius 3 is 2.19 bits per heavy atom. The highest BCUT2D eigenvalue weighted by Gasteiger charge is 2.35. The number of rotatable bonds is 3. The van der Waals surface area contributed by atoms with Gasteiger partial charge in [0.1, 0.15) is 0 Å². The Labute approximate surface area is 123 Å². The third-order valence-corrected chi connectivity index (χ3v) is 4.70. The molecule has 1 aromatic carbocycles. The van der Waals surface area contributed by atoms with Crippen LogP contribution in [-0.2, 0) is 12.6 Å². The standard InChI is InChI=1S/C17H20F3N/c1-2-13-7-9-16(12-21,10-8-13)11-14-3-5-15(6-4-14)17(18,19)20/h3-6,13H,2,7-11H2,1H3. The average molecular weight is 295 g/mol. The lowest BCUT2D eigenvalue weighted by Gasteiger charge is -2.34. The third kappa shape index (κ3) is 3.78. The number of hydrogen-bond acceptors (Lipinski definition) is 1. The molecule has 0 radical (unpaired) electrons. The van der Waals surface area contributed by atoms with E-state index >= 15 is 0 Å². The lowest BCUT2D eigenvalue weighted by molar-refractivity contribution is -0.137. The van der Waals surface area contributed by atoms with Crippen molar-refractivity contribution in [2.45, 2.75) is 51.6 Å². The first-order chi connectivity index (χ1) is 9.88. The molecule has 114 valence electrons. The van der Waals surface area contributed by atoms with E-state index in [1.165, 1.54) is 12.1 Å². The van der Waals surface area contributed by atoms with E-state index in [0.29, 0.717) is 12.3 Å². The van der Waals surface area contributed by atoms with Crippen molar-refractivity contribution in [3.8, 4) is 6.07 Å². The van der Waals surface area contributed by atoms with Gasteiger partial charge in [0.15, 0.2) is 0 Å². The van der Waals surface area contributed by atoms with E-state index in [2.05, 4.69) is 13.0 Å². The molecule has 0 saturated heterocycles. The van der Waals surface area contributed by atoms with Gasteiger partial charge in [-0.1, -0.05) is 25.5 Å². The van der Waals surface area contributed by atoms with Crippen molar-refractivity contribution in [1.29, 1.82) is 5.26 Å². The van der Waals surface area contributed by atoms with Gasteiger partial charge in [0, 0.05) is 0 Å². The van der Waals surface area contributed by atoms with Crippen LogP contribution in [0.2, 0.25) is 0 Å². The van der Waals surface area contributed by atoms with Gasteiger partial charge in [-0.05, 0) is 55.7 Å². The molecule has 0 N–H and O–H groups in total. The molecule has 21 heavy (non-hydrogen) atoms. The fourth-order valence-electron chi connectivity index (χ4n) is 3.17. The summed E-state index contributed by atoms with van der Waals surface area (Å²) in [5.74, 6) is 0.694. The summed E-state index contributed by atoms with van der Waals surface area (Å²) in [6, 6.07) is 7.67. The van der Waals surface area contributed by atoms with Crippen LogP contribution in [0.4, 0.5) is 13.2 Å². The van der Waals surface area contributed by atoms with Crippen molar-refractivity contribution >= 4 is 0 Å². The molecule has 0 aromatic heterocycles. The van der Waals surface area contributed by atoms with Gasteiger partial charge in [0.2, 0.25) is 0 Å². The van der Waals surface area contributed by atoms with Gasteiger partial charge in [0.25, 0.3) is 0 Å². The highest BCUT2D eigenvalue weighted by atomic mass is 19.4. The molecule has 0 atom stereocenters. The Morgan fingerprint density at radius 1 is 1.19 bits per heavy atom. The molecule has 1 aromatic rings. The monoisotopic (exact) mass is 295 g/mol. The molecule has 0 spiro atoms. The van der Waals surface area contributed by atoms with Gasteiger partial charge in [-0.15, -0.1) is 0 Å². The number of nitrogens with zero attached hydrogens (tertiary/aromatic N) is 1. The molecule has 0 amide bonds. The molecule has 0 aliphatic heterocycles. The maximum absolute atomic E-state index is 12.5. The molecule has 1 aliphatic rings. The lowest BCUT2D eigenvalue weighted by Crippen LogP contribution is -2.28. The van der Waals surface area contributed by atoms with Crippen LogP contribution in [-0.4, -0.2) is 0 Å². The van der Waals surface area contributed by atoms with E-state index in [0.717, 1.165) is 49.8 Å². The fraction of sp³-hybridized carbons (Fsp3) is 0.588. The molecule has 1 aliphatic carbocycles. The summed E-state index contributed by atoms with van der Waals surface area (Å²) in [4.78, 5) is 0. The van der Waals surface area contributed by atoms with E-state index in [1.54, 1.807) is 0 Å². The molecular formula is C17H20F3N. The van der Waals surface area contributed by atoms with Crippen molar-refractivity contribution in [3.05, 3.63) is 35.4 Å². The van der Waals surface area contributed by atoms with Crippen LogP contribution in [0, 0.1) is 22.7 Å². The Hall–Kier alpha value is -1.50. The molecule has 4 heteroatoms. The van der Waals surface area contributed by atoms with E-state index < -0.39 is 17.2 Å². The number of alkyl halides is 3. The Bertz CT molecular complexity index is 502. The molecule has 1 fully saturated rings. The molecular weight excluding hydrogens is 275 g/mol. The van der Waals surface area contributed by atoms with Crippen molar-refractivity contribution < 1.29 is 13.2 Å². The van der Waals surface area contributed by atoms with Crippen molar-refractivity contribution in [3.63, 3.8) is 0 Å². The van der Waals surface area contributed by atoms with Gasteiger partial charge >= 0.3 is 6.18 Å². The van der Waals surface area contributed by atoms with Gasteiger partial charge in [-0.3, -0.25) is 0 Å². The summed E-state index contributed by atoms with van der Waals surface area (Å²) in [6.45, 7) is 2.17. The second-order valence-corrected chi connectivity index (χ2v) is 6.12. The lowest BCUT2D eigenvalue weighted by atomic mass is 9.68. The van der Waals surface area contributed by atoms with Gasteiger partial charge in [-0.2, -0.15) is 18.4 Å². The van der Waals surface area contributed by atoms with Crippen LogP contribution in [0.5, 0.6) is 0 Å². The summed E-state index contributed by atoms with van der Waals surface area (Å²) >= 11 is 0. The van der Waals surface area contributed by atoms with Gasteiger partial charge < -0.3 is 0 Å². The first kappa shape index (κ1) is 15.9. The maximum Gasteiger partial charge on any atom is 0.416 e. The largest absolute Gasteiger partial charge is 0.416 e. The quantitative estimate of drug-likeness (QED) is 0.736. The van der Waals surface area contributed by atoms with E-state index in [-0.39, 0.29) is 0 Å². The van der Waals surface area contributed by atoms with Crippen molar-refractivity contribution in [2.75, 3.05) is 0 Å². The van der Waals surface area contributed by atoms with Crippen molar-refractivity contribution in [1.82, 2.24) is 0 Å². The first-order valence-corrected chi connectivity index (χ1v) is 7.46. The first-order valence-electron chi connectivity index (χ1n) is 7.46. The molecule has 0 bridgehead atoms. The van der Waals surface area contributed by atoms with Gasteiger partial charge in [-0.25, -0.2) is 0 Å². The minimum absolute atomic E-state index is 0.397. The Kier molecular flexibility index (Phi) is 4.61. The SMILES string of the molecule is CCC1CCC(C#N)(Cc2ccc(C(F)(F)F)cc2)CC1. The van der Waals surface area contributed by atoms with Crippen LogP contribution < -0.4 is 0 Å². The van der Waals surface area contributed by atoms with Crippen LogP contribution in [0.25, 0.3) is 0 Å². The number of halogens is 3. The molecule has 1 nitrogen and oxygen atoms in total. The van der Waals surface area contributed by atoms with Crippen LogP contribution in [0.1, 0.15) is 50.2 Å². The molecule has 1 saturated carbocycles. The van der Waals surface area contributed by atoms with Crippen LogP contribution in [0.15, 0.2) is 24.3 Å². The van der Waals surface area contributed by atoms with E-state index in [9.17, 15) is 18.4 Å². The fourth-order valence-corrected chi connectivity index (χ4v) is 3.17. The number of nitriles is 1. The molecule has 2 rings (SSSR count). The molecule has 0 heterocycles. The van der Waals surface area contributed by atoms with Gasteiger partial charge in [0.05, 0.1) is 17.0 Å². The van der Waals surface area contributed by atoms with Crippen molar-refractivity contribution in [2.24, 2.45) is 11.3 Å². The summed E-state index contributed by atoms with van der Waals surface area (Å²) in [6.07, 6.45) is 1.19. The third-order valence-electron chi connectivity index (χ3n) is 4.70. The zero-order chi connectivity index (χ0) is 15.5. The summed E-state index contributed by atoms with van der Waals surface area (Å²) < 4.78 is 37.6. The zero-order valence-electron chi connectivity index (χ0n) is 12.2. The number of hydrogen-bond donors (Lipinski definition) is 0. The topological polar surface area (TPSA) is 23.8 Å². The number of benzene rings is 1. The second kappa shape index (κ2) is 6.09. The minimum atomic E-state index is -4.30. The van der Waals surface area contributed by atoms with E-state index in [1.807, 2.05) is 0 Å². The molecule has 0 unspecified atom stereocenters. The normalized spacial score (nSPS) is 26.3. The summed E-state index contributed by atoms with van der Waals surface area (Å²) in [5.41, 5.74) is -0.211. The Balaban J connectivity index is 2.08. The minimum Gasteiger partial charge on any atom is -0.198 e. The predicted octanol–water partition coefficient (Wildman–Crippen LogP) is 5.36. The van der Waals surface area contributed by atoms with Crippen LogP contribution in [0.3, 0.4) is 0 Å². The smallest absolute Gasteiger partial charge is 0.198 e. The highest BCUT2D eigenvalue weighted by Crippen LogP contribution is 2.42.